The molecule has 0 bridgehead atoms. The Balaban J connectivity index is 1.26. The molecule has 0 unspecified atom stereocenters. The summed E-state index contributed by atoms with van der Waals surface area (Å²) in [6, 6.07) is 10.4. The highest BCUT2D eigenvalue weighted by Crippen LogP contribution is 2.27. The third-order valence-corrected chi connectivity index (χ3v) is 5.87. The van der Waals surface area contributed by atoms with Crippen molar-refractivity contribution in [3.63, 3.8) is 0 Å². The maximum atomic E-state index is 4.83. The van der Waals surface area contributed by atoms with E-state index in [1.54, 1.807) is 0 Å². The van der Waals surface area contributed by atoms with Crippen molar-refractivity contribution in [1.29, 1.82) is 0 Å². The molecule has 0 N–H and O–H groups in total. The summed E-state index contributed by atoms with van der Waals surface area (Å²) in [6.07, 6.45) is 8.83. The van der Waals surface area contributed by atoms with Crippen molar-refractivity contribution in [1.82, 2.24) is 24.5 Å². The summed E-state index contributed by atoms with van der Waals surface area (Å²) in [5.74, 6) is 1.46. The molecule has 27 heavy (non-hydrogen) atoms. The van der Waals surface area contributed by atoms with E-state index in [1.807, 2.05) is 16.8 Å². The number of pyridine rings is 2. The second-order valence-corrected chi connectivity index (χ2v) is 7.73. The Kier molecular flexibility index (Phi) is 4.49. The highest BCUT2D eigenvalue weighted by Gasteiger charge is 2.24. The lowest BCUT2D eigenvalue weighted by Gasteiger charge is -2.30. The lowest BCUT2D eigenvalue weighted by molar-refractivity contribution is 0.200. The topological polar surface area (TPSA) is 49.6 Å². The molecule has 0 amide bonds. The van der Waals surface area contributed by atoms with Crippen LogP contribution in [-0.2, 0) is 6.54 Å². The van der Waals surface area contributed by atoms with Gasteiger partial charge in [-0.15, -0.1) is 0 Å². The average Bonchev–Trinajstić information content (AvgIpc) is 3.39. The predicted octanol–water partition coefficient (Wildman–Crippen LogP) is 3.10. The molecule has 3 aromatic rings. The number of rotatable bonds is 4. The Hall–Kier alpha value is -2.47. The van der Waals surface area contributed by atoms with Gasteiger partial charge in [0.1, 0.15) is 0 Å². The SMILES string of the molecule is c1ccc(CN2CCC(c3nc4ccc(N5CCCC5)cn4n3)CC2)nc1. The van der Waals surface area contributed by atoms with Crippen LogP contribution in [0.5, 0.6) is 0 Å². The van der Waals surface area contributed by atoms with Crippen LogP contribution in [0.4, 0.5) is 5.69 Å². The normalized spacial score (nSPS) is 19.2. The maximum absolute atomic E-state index is 4.83. The molecule has 5 heterocycles. The first-order chi connectivity index (χ1) is 13.3. The summed E-state index contributed by atoms with van der Waals surface area (Å²) in [5, 5.41) is 4.83. The van der Waals surface area contributed by atoms with Gasteiger partial charge in [0.05, 0.1) is 17.6 Å². The van der Waals surface area contributed by atoms with E-state index in [-0.39, 0.29) is 0 Å². The van der Waals surface area contributed by atoms with Crippen molar-refractivity contribution in [2.45, 2.75) is 38.1 Å². The van der Waals surface area contributed by atoms with E-state index < -0.39 is 0 Å². The third kappa shape index (κ3) is 3.54. The van der Waals surface area contributed by atoms with E-state index in [0.717, 1.165) is 62.7 Å². The molecule has 6 nitrogen and oxygen atoms in total. The van der Waals surface area contributed by atoms with Crippen LogP contribution < -0.4 is 4.90 Å². The van der Waals surface area contributed by atoms with Gasteiger partial charge in [0.15, 0.2) is 11.5 Å². The fraction of sp³-hybridized carbons (Fsp3) is 0.476. The van der Waals surface area contributed by atoms with E-state index in [9.17, 15) is 0 Å². The number of hydrogen-bond acceptors (Lipinski definition) is 5. The van der Waals surface area contributed by atoms with Gasteiger partial charge >= 0.3 is 0 Å². The van der Waals surface area contributed by atoms with E-state index in [1.165, 1.54) is 18.5 Å². The maximum Gasteiger partial charge on any atom is 0.155 e. The number of anilines is 1. The lowest BCUT2D eigenvalue weighted by atomic mass is 9.96. The van der Waals surface area contributed by atoms with Gasteiger partial charge < -0.3 is 4.90 Å². The minimum Gasteiger partial charge on any atom is -0.370 e. The summed E-state index contributed by atoms with van der Waals surface area (Å²) in [5.41, 5.74) is 3.38. The fourth-order valence-electron chi connectivity index (χ4n) is 4.29. The van der Waals surface area contributed by atoms with E-state index in [2.05, 4.69) is 45.2 Å². The van der Waals surface area contributed by atoms with Gasteiger partial charge in [-0.3, -0.25) is 9.88 Å². The summed E-state index contributed by atoms with van der Waals surface area (Å²) in [7, 11) is 0. The van der Waals surface area contributed by atoms with Crippen LogP contribution in [-0.4, -0.2) is 50.7 Å². The smallest absolute Gasteiger partial charge is 0.155 e. The first-order valence-electron chi connectivity index (χ1n) is 10.1. The van der Waals surface area contributed by atoms with Gasteiger partial charge in [-0.05, 0) is 63.0 Å². The second-order valence-electron chi connectivity index (χ2n) is 7.73. The standard InChI is InChI=1S/C21H26N6/c1-2-10-22-18(5-1)15-25-13-8-17(9-14-25)21-23-20-7-6-19(16-27(20)24-21)26-11-3-4-12-26/h1-2,5-7,10,16-17H,3-4,8-9,11-15H2. The molecule has 140 valence electrons. The van der Waals surface area contributed by atoms with Crippen molar-refractivity contribution in [3.8, 4) is 0 Å². The number of fused-ring (bicyclic) bond motifs is 1. The van der Waals surface area contributed by atoms with Crippen LogP contribution >= 0.6 is 0 Å². The fourth-order valence-corrected chi connectivity index (χ4v) is 4.29. The van der Waals surface area contributed by atoms with Crippen molar-refractivity contribution in [2.75, 3.05) is 31.1 Å². The predicted molar refractivity (Wildman–Crippen MR) is 106 cm³/mol. The molecule has 3 aromatic heterocycles. The van der Waals surface area contributed by atoms with Gasteiger partial charge in [-0.1, -0.05) is 6.07 Å². The average molecular weight is 362 g/mol. The molecule has 0 aromatic carbocycles. The number of hydrogen-bond donors (Lipinski definition) is 0. The summed E-state index contributed by atoms with van der Waals surface area (Å²) in [6.45, 7) is 5.40. The molecule has 2 aliphatic heterocycles. The summed E-state index contributed by atoms with van der Waals surface area (Å²) in [4.78, 5) is 14.2. The molecule has 2 aliphatic rings. The van der Waals surface area contributed by atoms with Crippen molar-refractivity contribution in [3.05, 3.63) is 54.2 Å². The molecule has 0 aliphatic carbocycles. The zero-order chi connectivity index (χ0) is 18.1. The zero-order valence-electron chi connectivity index (χ0n) is 15.7. The number of nitrogens with zero attached hydrogens (tertiary/aromatic N) is 6. The first-order valence-corrected chi connectivity index (χ1v) is 10.1. The molecule has 0 saturated carbocycles. The highest BCUT2D eigenvalue weighted by molar-refractivity contribution is 5.51. The van der Waals surface area contributed by atoms with Crippen molar-refractivity contribution >= 4 is 11.3 Å². The molecule has 0 spiro atoms. The molecular formula is C21H26N6. The molecule has 6 heteroatoms. The Morgan fingerprint density at radius 1 is 0.963 bits per heavy atom. The van der Waals surface area contributed by atoms with Crippen LogP contribution in [0.25, 0.3) is 5.65 Å². The number of likely N-dealkylation sites (tertiary alicyclic amines) is 1. The van der Waals surface area contributed by atoms with Crippen molar-refractivity contribution < 1.29 is 0 Å². The monoisotopic (exact) mass is 362 g/mol. The van der Waals surface area contributed by atoms with Gasteiger partial charge in [0.2, 0.25) is 0 Å². The minimum atomic E-state index is 0.458. The Morgan fingerprint density at radius 2 is 1.81 bits per heavy atom. The van der Waals surface area contributed by atoms with Crippen LogP contribution in [0.1, 0.15) is 43.1 Å². The molecule has 0 radical (unpaired) electrons. The quantitative estimate of drug-likeness (QED) is 0.714. The number of piperidine rings is 1. The Bertz CT molecular complexity index is 891. The van der Waals surface area contributed by atoms with Crippen LogP contribution in [0.15, 0.2) is 42.7 Å². The molecule has 2 saturated heterocycles. The largest absolute Gasteiger partial charge is 0.370 e. The molecule has 2 fully saturated rings. The van der Waals surface area contributed by atoms with Crippen LogP contribution in [0.3, 0.4) is 0 Å². The third-order valence-electron chi connectivity index (χ3n) is 5.87. The summed E-state index contributed by atoms with van der Waals surface area (Å²) < 4.78 is 1.98. The van der Waals surface area contributed by atoms with E-state index >= 15 is 0 Å². The second kappa shape index (κ2) is 7.27. The van der Waals surface area contributed by atoms with Gasteiger partial charge in [0, 0.05) is 31.7 Å². The minimum absolute atomic E-state index is 0.458. The van der Waals surface area contributed by atoms with Crippen molar-refractivity contribution in [2.24, 2.45) is 0 Å². The lowest BCUT2D eigenvalue weighted by Crippen LogP contribution is -2.33. The molecule has 5 rings (SSSR count). The Labute approximate surface area is 159 Å². The van der Waals surface area contributed by atoms with E-state index in [4.69, 9.17) is 10.1 Å². The van der Waals surface area contributed by atoms with Crippen LogP contribution in [0.2, 0.25) is 0 Å². The van der Waals surface area contributed by atoms with Gasteiger partial charge in [0.25, 0.3) is 0 Å². The molecule has 0 atom stereocenters. The molecular weight excluding hydrogens is 336 g/mol. The number of aromatic nitrogens is 4. The zero-order valence-corrected chi connectivity index (χ0v) is 15.7. The Morgan fingerprint density at radius 3 is 2.59 bits per heavy atom. The van der Waals surface area contributed by atoms with Gasteiger partial charge in [-0.25, -0.2) is 9.50 Å². The first kappa shape index (κ1) is 16.7. The van der Waals surface area contributed by atoms with Crippen LogP contribution in [0, 0.1) is 0 Å². The van der Waals surface area contributed by atoms with Gasteiger partial charge in [-0.2, -0.15) is 5.10 Å². The highest BCUT2D eigenvalue weighted by atomic mass is 15.3. The van der Waals surface area contributed by atoms with E-state index in [0.29, 0.717) is 5.92 Å². The summed E-state index contributed by atoms with van der Waals surface area (Å²) >= 11 is 0.